The van der Waals surface area contributed by atoms with Crippen LogP contribution in [0.2, 0.25) is 0 Å². The van der Waals surface area contributed by atoms with Crippen LogP contribution in [-0.4, -0.2) is 71.5 Å². The third-order valence-corrected chi connectivity index (χ3v) is 5.88. The molecule has 176 valence electrons. The zero-order valence-corrected chi connectivity index (χ0v) is 18.6. The van der Waals surface area contributed by atoms with E-state index in [-0.39, 0.29) is 22.7 Å². The minimum atomic E-state index is -1.11. The van der Waals surface area contributed by atoms with E-state index in [1.165, 1.54) is 43.0 Å². The Morgan fingerprint density at radius 1 is 1.18 bits per heavy atom. The molecule has 0 saturated carbocycles. The summed E-state index contributed by atoms with van der Waals surface area (Å²) >= 11 is 0. The van der Waals surface area contributed by atoms with Gasteiger partial charge in [0.05, 0.1) is 24.7 Å². The van der Waals surface area contributed by atoms with Gasteiger partial charge in [-0.25, -0.2) is 14.5 Å². The molecule has 1 aromatic carbocycles. The van der Waals surface area contributed by atoms with Crippen molar-refractivity contribution in [2.45, 2.75) is 25.8 Å². The van der Waals surface area contributed by atoms with Crippen LogP contribution in [0.15, 0.2) is 47.8 Å². The van der Waals surface area contributed by atoms with E-state index in [2.05, 4.69) is 25.0 Å². The molecule has 4 aromatic rings. The molecule has 34 heavy (non-hydrogen) atoms. The number of aromatic carboxylic acids is 1. The molecule has 11 heteroatoms. The number of benzene rings is 1. The maximum atomic E-state index is 12.7. The second-order valence-corrected chi connectivity index (χ2v) is 8.31. The molecule has 4 heterocycles. The van der Waals surface area contributed by atoms with Gasteiger partial charge >= 0.3 is 5.97 Å². The Morgan fingerprint density at radius 3 is 2.71 bits per heavy atom. The van der Waals surface area contributed by atoms with E-state index in [9.17, 15) is 9.59 Å². The van der Waals surface area contributed by atoms with Crippen LogP contribution in [0, 0.1) is 0 Å². The summed E-state index contributed by atoms with van der Waals surface area (Å²) in [6.07, 6.45) is 7.64. The number of fused-ring (bicyclic) bond motifs is 1. The fourth-order valence-electron chi connectivity index (χ4n) is 4.12. The number of nitrogens with one attached hydrogen (secondary N) is 1. The molecular weight excluding hydrogens is 438 g/mol. The number of carbonyl (C=O) groups is 1. The number of ether oxygens (including phenoxy) is 1. The highest BCUT2D eigenvalue weighted by molar-refractivity contribution is 5.86. The molecule has 1 fully saturated rings. The number of carboxylic acids is 1. The molecule has 0 spiro atoms. The summed E-state index contributed by atoms with van der Waals surface area (Å²) in [5.74, 6) is -0.191. The van der Waals surface area contributed by atoms with Crippen LogP contribution in [-0.2, 0) is 6.54 Å². The standard InChI is InChI=1S/C23H25N7O4/c31-21-19-20(26-23(27-21)30-14-17(12-25-30)22(32)33)24-15-29(19)13-16-4-6-18(7-5-16)34-11-3-10-28-8-1-2-9-28/h4-7,12,14-15H,1-3,8-11,13H2,(H,32,33)(H,26,27,31). The largest absolute Gasteiger partial charge is 0.494 e. The average Bonchev–Trinajstić information content (AvgIpc) is 3.59. The van der Waals surface area contributed by atoms with E-state index in [1.807, 2.05) is 24.3 Å². The van der Waals surface area contributed by atoms with Crippen LogP contribution in [0.4, 0.5) is 0 Å². The lowest BCUT2D eigenvalue weighted by Crippen LogP contribution is -2.21. The predicted octanol–water partition coefficient (Wildman–Crippen LogP) is 1.92. The first-order valence-corrected chi connectivity index (χ1v) is 11.2. The van der Waals surface area contributed by atoms with Crippen LogP contribution in [0.25, 0.3) is 17.1 Å². The summed E-state index contributed by atoms with van der Waals surface area (Å²) in [7, 11) is 0. The molecule has 1 saturated heterocycles. The summed E-state index contributed by atoms with van der Waals surface area (Å²) in [6.45, 7) is 4.62. The number of hydrogen-bond acceptors (Lipinski definition) is 7. The van der Waals surface area contributed by atoms with Crippen molar-refractivity contribution >= 4 is 17.1 Å². The fourth-order valence-corrected chi connectivity index (χ4v) is 4.12. The van der Waals surface area contributed by atoms with Crippen molar-refractivity contribution < 1.29 is 14.6 Å². The van der Waals surface area contributed by atoms with E-state index < -0.39 is 5.97 Å². The van der Waals surface area contributed by atoms with Crippen molar-refractivity contribution in [3.63, 3.8) is 0 Å². The molecule has 0 aliphatic carbocycles. The Labute approximate surface area is 194 Å². The number of hydrogen-bond donors (Lipinski definition) is 2. The second kappa shape index (κ2) is 9.48. The number of likely N-dealkylation sites (tertiary alicyclic amines) is 1. The Kier molecular flexibility index (Phi) is 6.09. The minimum absolute atomic E-state index is 0.00714. The fraction of sp³-hybridized carbons (Fsp3) is 0.348. The molecule has 0 radical (unpaired) electrons. The van der Waals surface area contributed by atoms with Gasteiger partial charge < -0.3 is 19.3 Å². The normalized spacial score (nSPS) is 14.1. The lowest BCUT2D eigenvalue weighted by Gasteiger charge is -2.14. The lowest BCUT2D eigenvalue weighted by atomic mass is 10.2. The van der Waals surface area contributed by atoms with Crippen molar-refractivity contribution in [2.75, 3.05) is 26.2 Å². The Morgan fingerprint density at radius 2 is 1.97 bits per heavy atom. The molecule has 0 unspecified atom stereocenters. The zero-order valence-electron chi connectivity index (χ0n) is 18.6. The third-order valence-electron chi connectivity index (χ3n) is 5.88. The van der Waals surface area contributed by atoms with E-state index >= 15 is 0 Å². The Bertz CT molecular complexity index is 1350. The van der Waals surface area contributed by atoms with Gasteiger partial charge in [-0.05, 0) is 50.0 Å². The van der Waals surface area contributed by atoms with E-state index in [4.69, 9.17) is 9.84 Å². The van der Waals surface area contributed by atoms with Gasteiger partial charge in [-0.15, -0.1) is 0 Å². The first-order chi connectivity index (χ1) is 16.6. The first kappa shape index (κ1) is 21.8. The highest BCUT2D eigenvalue weighted by Gasteiger charge is 2.14. The number of nitrogens with zero attached hydrogens (tertiary/aromatic N) is 6. The van der Waals surface area contributed by atoms with E-state index in [1.54, 1.807) is 10.9 Å². The van der Waals surface area contributed by atoms with Gasteiger partial charge in [0.15, 0.2) is 11.2 Å². The monoisotopic (exact) mass is 463 g/mol. The number of rotatable bonds is 9. The van der Waals surface area contributed by atoms with Crippen molar-refractivity contribution in [3.05, 3.63) is 64.5 Å². The molecule has 11 nitrogen and oxygen atoms in total. The molecular formula is C23H25N7O4. The third kappa shape index (κ3) is 4.69. The summed E-state index contributed by atoms with van der Waals surface area (Å²) in [5, 5.41) is 13.0. The van der Waals surface area contributed by atoms with Gasteiger partial charge in [-0.1, -0.05) is 12.1 Å². The molecule has 2 N–H and O–H groups in total. The molecule has 1 aliphatic rings. The number of imidazole rings is 1. The Balaban J connectivity index is 1.24. The molecule has 5 rings (SSSR count). The van der Waals surface area contributed by atoms with Crippen LogP contribution in [0.5, 0.6) is 5.75 Å². The zero-order chi connectivity index (χ0) is 23.5. The lowest BCUT2D eigenvalue weighted by molar-refractivity contribution is 0.0697. The SMILES string of the molecule is O=C(O)c1cnn(-c2nc3ncn(Cc4ccc(OCCCN5CCCC5)cc4)c3c(=O)[nH]2)c1. The summed E-state index contributed by atoms with van der Waals surface area (Å²) in [4.78, 5) is 37.5. The van der Waals surface area contributed by atoms with Crippen molar-refractivity contribution in [1.29, 1.82) is 0 Å². The van der Waals surface area contributed by atoms with E-state index in [0.717, 1.165) is 24.3 Å². The van der Waals surface area contributed by atoms with Crippen LogP contribution >= 0.6 is 0 Å². The van der Waals surface area contributed by atoms with Gasteiger partial charge in [0.2, 0.25) is 5.95 Å². The first-order valence-electron chi connectivity index (χ1n) is 11.2. The molecule has 3 aromatic heterocycles. The van der Waals surface area contributed by atoms with Crippen molar-refractivity contribution in [1.82, 2.24) is 34.2 Å². The van der Waals surface area contributed by atoms with E-state index in [0.29, 0.717) is 18.7 Å². The number of aromatic amines is 1. The average molecular weight is 463 g/mol. The number of carboxylic acid groups (broad SMARTS) is 1. The molecule has 1 aliphatic heterocycles. The molecule has 0 amide bonds. The molecule has 0 atom stereocenters. The second-order valence-electron chi connectivity index (χ2n) is 8.31. The van der Waals surface area contributed by atoms with Crippen LogP contribution in [0.3, 0.4) is 0 Å². The summed E-state index contributed by atoms with van der Waals surface area (Å²) in [6, 6.07) is 7.80. The maximum absolute atomic E-state index is 12.7. The van der Waals surface area contributed by atoms with Gasteiger partial charge in [0.25, 0.3) is 5.56 Å². The van der Waals surface area contributed by atoms with Gasteiger partial charge in [-0.2, -0.15) is 10.1 Å². The van der Waals surface area contributed by atoms with Crippen LogP contribution in [0.1, 0.15) is 35.2 Å². The quantitative estimate of drug-likeness (QED) is 0.360. The summed E-state index contributed by atoms with van der Waals surface area (Å²) in [5.41, 5.74) is 1.18. The predicted molar refractivity (Wildman–Crippen MR) is 124 cm³/mol. The highest BCUT2D eigenvalue weighted by atomic mass is 16.5. The van der Waals surface area contributed by atoms with Crippen LogP contribution < -0.4 is 10.3 Å². The van der Waals surface area contributed by atoms with Crippen molar-refractivity contribution in [2.24, 2.45) is 0 Å². The van der Waals surface area contributed by atoms with Crippen molar-refractivity contribution in [3.8, 4) is 11.7 Å². The highest BCUT2D eigenvalue weighted by Crippen LogP contribution is 2.16. The molecule has 0 bridgehead atoms. The minimum Gasteiger partial charge on any atom is -0.494 e. The van der Waals surface area contributed by atoms with Gasteiger partial charge in [0, 0.05) is 19.3 Å². The number of H-pyrrole nitrogens is 1. The smallest absolute Gasteiger partial charge is 0.338 e. The van der Waals surface area contributed by atoms with Gasteiger partial charge in [0.1, 0.15) is 5.75 Å². The summed E-state index contributed by atoms with van der Waals surface area (Å²) < 4.78 is 8.79. The Hall–Kier alpha value is -3.99. The maximum Gasteiger partial charge on any atom is 0.338 e. The van der Waals surface area contributed by atoms with Gasteiger partial charge in [-0.3, -0.25) is 9.78 Å². The topological polar surface area (TPSA) is 131 Å². The number of aromatic nitrogens is 6.